The molecule has 0 saturated heterocycles. The van der Waals surface area contributed by atoms with E-state index >= 15 is 0 Å². The molecule has 2 N–H and O–H groups in total. The summed E-state index contributed by atoms with van der Waals surface area (Å²) < 4.78 is 51.2. The topological polar surface area (TPSA) is 26.0 Å². The summed E-state index contributed by atoms with van der Waals surface area (Å²) in [5.74, 6) is -0.893. The number of rotatable bonds is 3. The molecule has 1 atom stereocenters. The van der Waals surface area contributed by atoms with Crippen LogP contribution in [0.3, 0.4) is 0 Å². The highest BCUT2D eigenvalue weighted by atomic mass is 19.4. The van der Waals surface area contributed by atoms with Crippen LogP contribution in [-0.4, -0.2) is 0 Å². The summed E-state index contributed by atoms with van der Waals surface area (Å²) >= 11 is 0. The zero-order valence-corrected chi connectivity index (χ0v) is 8.81. The van der Waals surface area contributed by atoms with Crippen molar-refractivity contribution in [2.45, 2.75) is 32.0 Å². The third-order valence-electron chi connectivity index (χ3n) is 2.33. The van der Waals surface area contributed by atoms with Gasteiger partial charge in [-0.3, -0.25) is 0 Å². The quantitative estimate of drug-likeness (QED) is 0.795. The van der Waals surface area contributed by atoms with Crippen molar-refractivity contribution < 1.29 is 17.6 Å². The van der Waals surface area contributed by atoms with Crippen molar-refractivity contribution in [3.8, 4) is 0 Å². The van der Waals surface area contributed by atoms with Crippen LogP contribution in [0.25, 0.3) is 0 Å². The highest BCUT2D eigenvalue weighted by Crippen LogP contribution is 2.36. The van der Waals surface area contributed by atoms with Crippen LogP contribution < -0.4 is 5.73 Å². The SMILES string of the molecule is CCC[C@@H](N)c1c(F)cccc1C(F)(F)F. The molecule has 0 amide bonds. The third-order valence-corrected chi connectivity index (χ3v) is 2.33. The first-order chi connectivity index (χ1) is 7.38. The van der Waals surface area contributed by atoms with Gasteiger partial charge in [0.1, 0.15) is 5.82 Å². The van der Waals surface area contributed by atoms with Crippen LogP contribution in [0.15, 0.2) is 18.2 Å². The molecule has 5 heteroatoms. The first-order valence-electron chi connectivity index (χ1n) is 4.99. The molecule has 1 nitrogen and oxygen atoms in total. The number of hydrogen-bond donors (Lipinski definition) is 1. The molecule has 16 heavy (non-hydrogen) atoms. The second kappa shape index (κ2) is 4.82. The van der Waals surface area contributed by atoms with E-state index in [4.69, 9.17) is 5.73 Å². The molecule has 0 fully saturated rings. The van der Waals surface area contributed by atoms with Crippen LogP contribution in [0.2, 0.25) is 0 Å². The number of benzene rings is 1. The average molecular weight is 235 g/mol. The van der Waals surface area contributed by atoms with Gasteiger partial charge in [0.2, 0.25) is 0 Å². The standard InChI is InChI=1S/C11H13F4N/c1-2-4-9(16)10-7(11(13,14)15)5-3-6-8(10)12/h3,5-6,9H,2,4,16H2,1H3/t9-/m1/s1. The molecular formula is C11H13F4N. The van der Waals surface area contributed by atoms with Gasteiger partial charge in [-0.15, -0.1) is 0 Å². The van der Waals surface area contributed by atoms with E-state index in [0.717, 1.165) is 18.2 Å². The second-order valence-electron chi connectivity index (χ2n) is 3.59. The van der Waals surface area contributed by atoms with E-state index < -0.39 is 29.2 Å². The Hall–Kier alpha value is -1.10. The Morgan fingerprint density at radius 1 is 1.31 bits per heavy atom. The molecule has 90 valence electrons. The van der Waals surface area contributed by atoms with E-state index in [-0.39, 0.29) is 0 Å². The van der Waals surface area contributed by atoms with Gasteiger partial charge < -0.3 is 5.73 Å². The molecule has 0 heterocycles. The molecule has 0 spiro atoms. The van der Waals surface area contributed by atoms with Crippen molar-refractivity contribution in [3.63, 3.8) is 0 Å². The maximum absolute atomic E-state index is 13.4. The van der Waals surface area contributed by atoms with Crippen LogP contribution >= 0.6 is 0 Å². The van der Waals surface area contributed by atoms with Gasteiger partial charge in [0.25, 0.3) is 0 Å². The molecule has 0 bridgehead atoms. The Morgan fingerprint density at radius 2 is 1.94 bits per heavy atom. The van der Waals surface area contributed by atoms with Gasteiger partial charge in [-0.1, -0.05) is 19.4 Å². The summed E-state index contributed by atoms with van der Waals surface area (Å²) in [7, 11) is 0. The number of hydrogen-bond acceptors (Lipinski definition) is 1. The van der Waals surface area contributed by atoms with Gasteiger partial charge in [-0.05, 0) is 18.6 Å². The number of alkyl halides is 3. The fourth-order valence-electron chi connectivity index (χ4n) is 1.62. The first kappa shape index (κ1) is 13.0. The Balaban J connectivity index is 3.24. The zero-order valence-electron chi connectivity index (χ0n) is 8.81. The average Bonchev–Trinajstić information content (AvgIpc) is 2.16. The van der Waals surface area contributed by atoms with Crippen molar-refractivity contribution in [2.75, 3.05) is 0 Å². The van der Waals surface area contributed by atoms with Crippen LogP contribution in [-0.2, 0) is 6.18 Å². The largest absolute Gasteiger partial charge is 0.416 e. The fourth-order valence-corrected chi connectivity index (χ4v) is 1.62. The zero-order chi connectivity index (χ0) is 12.3. The lowest BCUT2D eigenvalue weighted by Crippen LogP contribution is -2.19. The minimum absolute atomic E-state index is 0.323. The first-order valence-corrected chi connectivity index (χ1v) is 4.99. The van der Waals surface area contributed by atoms with Crippen molar-refractivity contribution in [3.05, 3.63) is 35.1 Å². The minimum Gasteiger partial charge on any atom is -0.324 e. The second-order valence-corrected chi connectivity index (χ2v) is 3.59. The van der Waals surface area contributed by atoms with Crippen LogP contribution in [0.5, 0.6) is 0 Å². The lowest BCUT2D eigenvalue weighted by atomic mass is 9.97. The van der Waals surface area contributed by atoms with Gasteiger partial charge in [-0.2, -0.15) is 13.2 Å². The molecule has 0 aliphatic carbocycles. The molecule has 0 aliphatic heterocycles. The summed E-state index contributed by atoms with van der Waals surface area (Å²) in [6.07, 6.45) is -3.64. The maximum atomic E-state index is 13.4. The van der Waals surface area contributed by atoms with E-state index in [2.05, 4.69) is 0 Å². The lowest BCUT2D eigenvalue weighted by molar-refractivity contribution is -0.138. The Kier molecular flexibility index (Phi) is 3.91. The van der Waals surface area contributed by atoms with Crippen molar-refractivity contribution in [1.29, 1.82) is 0 Å². The normalized spacial score (nSPS) is 13.9. The Bertz CT molecular complexity index is 359. The molecule has 0 aliphatic rings. The third kappa shape index (κ3) is 2.72. The minimum atomic E-state index is -4.57. The Morgan fingerprint density at radius 3 is 2.44 bits per heavy atom. The summed E-state index contributed by atoms with van der Waals surface area (Å²) in [6.45, 7) is 1.79. The molecular weight excluding hydrogens is 222 g/mol. The monoisotopic (exact) mass is 235 g/mol. The molecule has 1 rings (SSSR count). The fraction of sp³-hybridized carbons (Fsp3) is 0.455. The number of nitrogens with two attached hydrogens (primary N) is 1. The van der Waals surface area contributed by atoms with Crippen molar-refractivity contribution in [2.24, 2.45) is 5.73 Å². The van der Waals surface area contributed by atoms with Crippen LogP contribution in [0, 0.1) is 5.82 Å². The van der Waals surface area contributed by atoms with E-state index in [1.807, 2.05) is 0 Å². The predicted molar refractivity (Wildman–Crippen MR) is 53.2 cm³/mol. The maximum Gasteiger partial charge on any atom is 0.416 e. The molecule has 1 aromatic carbocycles. The highest BCUT2D eigenvalue weighted by Gasteiger charge is 2.35. The lowest BCUT2D eigenvalue weighted by Gasteiger charge is -2.18. The molecule has 0 saturated carbocycles. The van der Waals surface area contributed by atoms with Gasteiger partial charge in [0.15, 0.2) is 0 Å². The van der Waals surface area contributed by atoms with Crippen molar-refractivity contribution >= 4 is 0 Å². The molecule has 0 unspecified atom stereocenters. The van der Waals surface area contributed by atoms with Gasteiger partial charge >= 0.3 is 6.18 Å². The Labute approximate surface area is 91.3 Å². The summed E-state index contributed by atoms with van der Waals surface area (Å²) in [5.41, 5.74) is 4.15. The van der Waals surface area contributed by atoms with Crippen LogP contribution in [0.4, 0.5) is 17.6 Å². The highest BCUT2D eigenvalue weighted by molar-refractivity contribution is 5.33. The number of halogens is 4. The van der Waals surface area contributed by atoms with Gasteiger partial charge in [-0.25, -0.2) is 4.39 Å². The van der Waals surface area contributed by atoms with Gasteiger partial charge in [0.05, 0.1) is 5.56 Å². The van der Waals surface area contributed by atoms with Crippen LogP contribution in [0.1, 0.15) is 36.9 Å². The molecule has 0 radical (unpaired) electrons. The predicted octanol–water partition coefficient (Wildman–Crippen LogP) is 3.64. The van der Waals surface area contributed by atoms with Gasteiger partial charge in [0, 0.05) is 11.6 Å². The van der Waals surface area contributed by atoms with E-state index in [1.54, 1.807) is 6.92 Å². The summed E-state index contributed by atoms with van der Waals surface area (Å²) in [5, 5.41) is 0. The van der Waals surface area contributed by atoms with Crippen molar-refractivity contribution in [1.82, 2.24) is 0 Å². The summed E-state index contributed by atoms with van der Waals surface area (Å²) in [6, 6.07) is 1.98. The van der Waals surface area contributed by atoms with E-state index in [0.29, 0.717) is 12.8 Å². The smallest absolute Gasteiger partial charge is 0.324 e. The van der Waals surface area contributed by atoms with E-state index in [1.165, 1.54) is 0 Å². The molecule has 0 aromatic heterocycles. The summed E-state index contributed by atoms with van der Waals surface area (Å²) in [4.78, 5) is 0. The van der Waals surface area contributed by atoms with E-state index in [9.17, 15) is 17.6 Å². The molecule has 1 aromatic rings.